The molecule has 0 saturated heterocycles. The minimum absolute atomic E-state index is 0.0804. The number of esters is 1. The van der Waals surface area contributed by atoms with Gasteiger partial charge in [0.05, 0.1) is 12.2 Å². The molecule has 0 spiro atoms. The van der Waals surface area contributed by atoms with Crippen molar-refractivity contribution in [2.24, 2.45) is 11.8 Å². The van der Waals surface area contributed by atoms with Crippen molar-refractivity contribution in [1.82, 2.24) is 10.3 Å². The van der Waals surface area contributed by atoms with Crippen molar-refractivity contribution < 1.29 is 24.2 Å². The molecule has 0 radical (unpaired) electrons. The smallest absolute Gasteiger partial charge is 0.407 e. The molecule has 1 fully saturated rings. The van der Waals surface area contributed by atoms with Gasteiger partial charge >= 0.3 is 12.1 Å². The molecule has 0 aromatic carbocycles. The van der Waals surface area contributed by atoms with E-state index in [2.05, 4.69) is 22.5 Å². The summed E-state index contributed by atoms with van der Waals surface area (Å²) in [5, 5.41) is 13.4. The molecule has 2 N–H and O–H groups in total. The zero-order chi connectivity index (χ0) is 21.3. The first kappa shape index (κ1) is 22.0. The summed E-state index contributed by atoms with van der Waals surface area (Å²) in [6.07, 6.45) is 12.4. The number of carbonyl (C=O) groups is 2. The Balaban J connectivity index is 1.58. The van der Waals surface area contributed by atoms with Gasteiger partial charge < -0.3 is 19.9 Å². The summed E-state index contributed by atoms with van der Waals surface area (Å²) in [6.45, 7) is 2.24. The van der Waals surface area contributed by atoms with Gasteiger partial charge in [-0.05, 0) is 74.6 Å². The molecule has 2 heterocycles. The Kier molecular flexibility index (Phi) is 8.02. The molecule has 30 heavy (non-hydrogen) atoms. The van der Waals surface area contributed by atoms with Crippen LogP contribution >= 0.6 is 0 Å². The average molecular weight is 415 g/mol. The van der Waals surface area contributed by atoms with Crippen LogP contribution in [0.5, 0.6) is 0 Å². The lowest BCUT2D eigenvalue weighted by Crippen LogP contribution is -2.28. The first-order valence-electron chi connectivity index (χ1n) is 10.6. The van der Waals surface area contributed by atoms with Crippen LogP contribution in [-0.2, 0) is 20.8 Å². The van der Waals surface area contributed by atoms with Crippen LogP contribution in [0.4, 0.5) is 4.79 Å². The minimum atomic E-state index is -0.809. The quantitative estimate of drug-likeness (QED) is 0.582. The predicted molar refractivity (Wildman–Crippen MR) is 111 cm³/mol. The zero-order valence-corrected chi connectivity index (χ0v) is 17.3. The Morgan fingerprint density at radius 3 is 2.90 bits per heavy atom. The summed E-state index contributed by atoms with van der Waals surface area (Å²) >= 11 is 0. The molecule has 1 aliphatic carbocycles. The fraction of sp³-hybridized carbons (Fsp3) is 0.522. The van der Waals surface area contributed by atoms with Crippen LogP contribution in [0.1, 0.15) is 44.6 Å². The number of aliphatic hydroxyl groups is 1. The number of pyridine rings is 1. The number of fused-ring (bicyclic) bond motifs is 1. The Hall–Kier alpha value is -2.67. The van der Waals surface area contributed by atoms with E-state index in [9.17, 15) is 14.7 Å². The number of alkyl carbamates (subject to hydrolysis) is 1. The van der Waals surface area contributed by atoms with Gasteiger partial charge in [0.1, 0.15) is 6.10 Å². The number of hydrogen-bond donors (Lipinski definition) is 2. The zero-order valence-electron chi connectivity index (χ0n) is 17.3. The van der Waals surface area contributed by atoms with Gasteiger partial charge in [-0.25, -0.2) is 9.59 Å². The van der Waals surface area contributed by atoms with E-state index < -0.39 is 18.2 Å². The number of ether oxygens (including phenoxy) is 2. The van der Waals surface area contributed by atoms with Gasteiger partial charge in [-0.15, -0.1) is 0 Å². The SMILES string of the molecule is C[C@H]1CCC/C=C/[C@@H]2C[C@H](OC(=O)NCc3ccncc3)C[C@H]2[C@H](O)C=CC(=O)O1. The lowest BCUT2D eigenvalue weighted by molar-refractivity contribution is -0.142. The van der Waals surface area contributed by atoms with Crippen molar-refractivity contribution in [3.63, 3.8) is 0 Å². The highest BCUT2D eigenvalue weighted by molar-refractivity contribution is 5.82. The molecular weight excluding hydrogens is 384 g/mol. The maximum Gasteiger partial charge on any atom is 0.407 e. The molecule has 1 aromatic heterocycles. The molecular formula is C23H30N2O5. The summed E-state index contributed by atoms with van der Waals surface area (Å²) in [5.41, 5.74) is 0.940. The first-order chi connectivity index (χ1) is 14.5. The van der Waals surface area contributed by atoms with Crippen molar-refractivity contribution in [2.75, 3.05) is 0 Å². The molecule has 1 aliphatic heterocycles. The van der Waals surface area contributed by atoms with E-state index in [4.69, 9.17) is 9.47 Å². The third kappa shape index (κ3) is 6.69. The lowest BCUT2D eigenvalue weighted by atomic mass is 9.90. The van der Waals surface area contributed by atoms with Crippen LogP contribution in [0.15, 0.2) is 48.8 Å². The summed E-state index contributed by atoms with van der Waals surface area (Å²) in [5.74, 6) is -0.482. The molecule has 1 saturated carbocycles. The second-order valence-corrected chi connectivity index (χ2v) is 7.99. The number of nitrogens with zero attached hydrogens (tertiary/aromatic N) is 1. The summed E-state index contributed by atoms with van der Waals surface area (Å²) in [6, 6.07) is 3.66. The van der Waals surface area contributed by atoms with Crippen LogP contribution in [-0.4, -0.2) is 40.5 Å². The number of allylic oxidation sites excluding steroid dienone is 2. The van der Waals surface area contributed by atoms with Crippen molar-refractivity contribution in [3.8, 4) is 0 Å². The predicted octanol–water partition coefficient (Wildman–Crippen LogP) is 3.29. The molecule has 7 nitrogen and oxygen atoms in total. The molecule has 1 aromatic rings. The van der Waals surface area contributed by atoms with Gasteiger partial charge in [0, 0.05) is 25.0 Å². The monoisotopic (exact) mass is 414 g/mol. The van der Waals surface area contributed by atoms with Crippen molar-refractivity contribution in [2.45, 2.75) is 63.9 Å². The van der Waals surface area contributed by atoms with Gasteiger partial charge in [0.15, 0.2) is 0 Å². The highest BCUT2D eigenvalue weighted by Gasteiger charge is 2.38. The highest BCUT2D eigenvalue weighted by Crippen LogP contribution is 2.38. The molecule has 0 unspecified atom stereocenters. The van der Waals surface area contributed by atoms with Crippen molar-refractivity contribution in [3.05, 3.63) is 54.4 Å². The number of rotatable bonds is 3. The molecule has 3 rings (SSSR count). The number of hydrogen-bond acceptors (Lipinski definition) is 6. The van der Waals surface area contributed by atoms with E-state index >= 15 is 0 Å². The van der Waals surface area contributed by atoms with E-state index in [0.717, 1.165) is 24.8 Å². The Labute approximate surface area is 177 Å². The maximum absolute atomic E-state index is 12.2. The third-order valence-electron chi connectivity index (χ3n) is 5.63. The van der Waals surface area contributed by atoms with E-state index in [0.29, 0.717) is 19.4 Å². The van der Waals surface area contributed by atoms with E-state index in [1.54, 1.807) is 12.4 Å². The van der Waals surface area contributed by atoms with Gasteiger partial charge in [-0.3, -0.25) is 4.98 Å². The number of carbonyl (C=O) groups excluding carboxylic acids is 2. The Morgan fingerprint density at radius 1 is 1.30 bits per heavy atom. The molecule has 7 heteroatoms. The van der Waals surface area contributed by atoms with E-state index in [1.807, 2.05) is 19.1 Å². The third-order valence-corrected chi connectivity index (χ3v) is 5.63. The summed E-state index contributed by atoms with van der Waals surface area (Å²) in [4.78, 5) is 28.1. The Morgan fingerprint density at radius 2 is 2.10 bits per heavy atom. The van der Waals surface area contributed by atoms with Gasteiger partial charge in [0.25, 0.3) is 0 Å². The number of cyclic esters (lactones) is 1. The van der Waals surface area contributed by atoms with Gasteiger partial charge in [-0.1, -0.05) is 12.2 Å². The van der Waals surface area contributed by atoms with Crippen LogP contribution < -0.4 is 5.32 Å². The normalized spacial score (nSPS) is 30.7. The summed E-state index contributed by atoms with van der Waals surface area (Å²) in [7, 11) is 0. The van der Waals surface area contributed by atoms with Crippen LogP contribution in [0.2, 0.25) is 0 Å². The van der Waals surface area contributed by atoms with Gasteiger partial charge in [0.2, 0.25) is 0 Å². The number of nitrogens with one attached hydrogen (secondary N) is 1. The summed E-state index contributed by atoms with van der Waals surface area (Å²) < 4.78 is 10.9. The molecule has 0 bridgehead atoms. The molecule has 5 atom stereocenters. The molecule has 1 amide bonds. The largest absolute Gasteiger partial charge is 0.460 e. The Bertz CT molecular complexity index is 764. The highest BCUT2D eigenvalue weighted by atomic mass is 16.6. The number of aromatic nitrogens is 1. The second-order valence-electron chi connectivity index (χ2n) is 7.99. The topological polar surface area (TPSA) is 97.8 Å². The second kappa shape index (κ2) is 10.9. The maximum atomic E-state index is 12.2. The minimum Gasteiger partial charge on any atom is -0.460 e. The van der Waals surface area contributed by atoms with Crippen LogP contribution in [0.25, 0.3) is 0 Å². The number of aliphatic hydroxyl groups excluding tert-OH is 1. The fourth-order valence-corrected chi connectivity index (χ4v) is 4.04. The number of amides is 1. The standard InChI is InChI=1S/C23H30N2O5/c1-16-5-3-2-4-6-18-13-19(14-20(18)21(26)7-8-22(27)29-16)30-23(28)25-15-17-9-11-24-12-10-17/h4,6-12,16,18-21,26H,2-3,5,13-15H2,1H3,(H,25,28)/b6-4+,8-7?/t16-,18+,19-,20+,21+/m0/s1. The van der Waals surface area contributed by atoms with E-state index in [1.165, 1.54) is 12.2 Å². The van der Waals surface area contributed by atoms with Gasteiger partial charge in [-0.2, -0.15) is 0 Å². The average Bonchev–Trinajstić information content (AvgIpc) is 3.13. The van der Waals surface area contributed by atoms with Crippen molar-refractivity contribution in [1.29, 1.82) is 0 Å². The molecule has 162 valence electrons. The van der Waals surface area contributed by atoms with Crippen molar-refractivity contribution >= 4 is 12.1 Å². The molecule has 2 aliphatic rings. The van der Waals surface area contributed by atoms with Crippen LogP contribution in [0, 0.1) is 11.8 Å². The van der Waals surface area contributed by atoms with E-state index in [-0.39, 0.29) is 24.0 Å². The fourth-order valence-electron chi connectivity index (χ4n) is 4.04. The first-order valence-corrected chi connectivity index (χ1v) is 10.6. The van der Waals surface area contributed by atoms with Crippen LogP contribution in [0.3, 0.4) is 0 Å². The lowest BCUT2D eigenvalue weighted by Gasteiger charge is -2.19.